The van der Waals surface area contributed by atoms with E-state index in [2.05, 4.69) is 38.0 Å². The first-order valence-corrected chi connectivity index (χ1v) is 7.73. The molecule has 98 valence electrons. The quantitative estimate of drug-likeness (QED) is 0.672. The molecule has 0 radical (unpaired) electrons. The van der Waals surface area contributed by atoms with Gasteiger partial charge in [0.25, 0.3) is 0 Å². The number of nitrogens with one attached hydrogen (secondary N) is 1. The molecule has 4 nitrogen and oxygen atoms in total. The Morgan fingerprint density at radius 3 is 2.19 bits per heavy atom. The molecule has 0 aromatic heterocycles. The molecule has 0 saturated heterocycles. The van der Waals surface area contributed by atoms with E-state index in [1.807, 2.05) is 0 Å². The molecule has 16 heavy (non-hydrogen) atoms. The predicted octanol–water partition coefficient (Wildman–Crippen LogP) is 0.599. The van der Waals surface area contributed by atoms with Gasteiger partial charge in [0.15, 0.2) is 0 Å². The molecule has 0 aliphatic heterocycles. The van der Waals surface area contributed by atoms with Crippen molar-refractivity contribution in [1.82, 2.24) is 10.2 Å². The zero-order chi connectivity index (χ0) is 12.8. The molecular formula is C11H26N2O2S. The third-order valence-electron chi connectivity index (χ3n) is 2.06. The Hall–Kier alpha value is -0.130. The van der Waals surface area contributed by atoms with E-state index in [1.54, 1.807) is 0 Å². The summed E-state index contributed by atoms with van der Waals surface area (Å²) < 4.78 is 21.7. The normalized spacial score (nSPS) is 13.4. The zero-order valence-electron chi connectivity index (χ0n) is 11.2. The van der Waals surface area contributed by atoms with Gasteiger partial charge in [-0.1, -0.05) is 20.8 Å². The lowest BCUT2D eigenvalue weighted by atomic mass is 9.96. The van der Waals surface area contributed by atoms with Crippen LogP contribution in [0.15, 0.2) is 0 Å². The fraction of sp³-hybridized carbons (Fsp3) is 1.00. The molecule has 0 aliphatic rings. The van der Waals surface area contributed by atoms with Gasteiger partial charge in [-0.25, -0.2) is 8.42 Å². The fourth-order valence-corrected chi connectivity index (χ4v) is 2.06. The largest absolute Gasteiger partial charge is 0.314 e. The van der Waals surface area contributed by atoms with Crippen LogP contribution in [0.4, 0.5) is 0 Å². The van der Waals surface area contributed by atoms with E-state index in [4.69, 9.17) is 0 Å². The monoisotopic (exact) mass is 250 g/mol. The minimum absolute atomic E-state index is 0.218. The van der Waals surface area contributed by atoms with Crippen LogP contribution in [0.2, 0.25) is 0 Å². The molecule has 0 rings (SSSR count). The Kier molecular flexibility index (Phi) is 6.51. The minimum atomic E-state index is -2.83. The van der Waals surface area contributed by atoms with Crippen molar-refractivity contribution >= 4 is 9.84 Å². The number of rotatable bonds is 7. The summed E-state index contributed by atoms with van der Waals surface area (Å²) in [6.45, 7) is 9.99. The Balaban J connectivity index is 3.53. The summed E-state index contributed by atoms with van der Waals surface area (Å²) in [5, 5.41) is 3.14. The van der Waals surface area contributed by atoms with Crippen molar-refractivity contribution < 1.29 is 8.42 Å². The molecule has 0 spiro atoms. The smallest absolute Gasteiger partial charge is 0.148 e. The second kappa shape index (κ2) is 6.57. The molecule has 0 atom stereocenters. The highest BCUT2D eigenvalue weighted by Gasteiger charge is 2.12. The van der Waals surface area contributed by atoms with Crippen LogP contribution in [0.25, 0.3) is 0 Å². The Bertz CT molecular complexity index is 281. The number of hydrogen-bond acceptors (Lipinski definition) is 4. The van der Waals surface area contributed by atoms with Crippen molar-refractivity contribution in [2.24, 2.45) is 5.41 Å². The van der Waals surface area contributed by atoms with Crippen molar-refractivity contribution in [3.8, 4) is 0 Å². The highest BCUT2D eigenvalue weighted by molar-refractivity contribution is 7.90. The molecule has 1 N–H and O–H groups in total. The lowest BCUT2D eigenvalue weighted by Gasteiger charge is -2.26. The van der Waals surface area contributed by atoms with Gasteiger partial charge in [0.05, 0.1) is 5.75 Å². The average molecular weight is 250 g/mol. The summed E-state index contributed by atoms with van der Waals surface area (Å²) in [6, 6.07) is 0. The van der Waals surface area contributed by atoms with Crippen LogP contribution in [0, 0.1) is 5.41 Å². The molecule has 0 bridgehead atoms. The van der Waals surface area contributed by atoms with Crippen LogP contribution < -0.4 is 5.32 Å². The maximum absolute atomic E-state index is 10.9. The average Bonchev–Trinajstić information content (AvgIpc) is 1.97. The first-order valence-electron chi connectivity index (χ1n) is 5.67. The number of likely N-dealkylation sites (N-methyl/N-ethyl adjacent to an activating group) is 1. The van der Waals surface area contributed by atoms with Crippen molar-refractivity contribution in [3.05, 3.63) is 0 Å². The number of hydrogen-bond donors (Lipinski definition) is 1. The van der Waals surface area contributed by atoms with Gasteiger partial charge in [-0.3, -0.25) is 0 Å². The summed E-state index contributed by atoms with van der Waals surface area (Å²) in [7, 11) is -0.743. The molecule has 0 fully saturated rings. The maximum Gasteiger partial charge on any atom is 0.148 e. The SMILES string of the molecule is CN(CCNCCS(C)(=O)=O)CC(C)(C)C. The topological polar surface area (TPSA) is 49.4 Å². The van der Waals surface area contributed by atoms with Crippen molar-refractivity contribution in [2.75, 3.05) is 45.2 Å². The van der Waals surface area contributed by atoms with Gasteiger partial charge >= 0.3 is 0 Å². The Morgan fingerprint density at radius 1 is 1.19 bits per heavy atom. The lowest BCUT2D eigenvalue weighted by Crippen LogP contribution is -2.36. The molecule has 0 amide bonds. The van der Waals surface area contributed by atoms with Crippen molar-refractivity contribution in [2.45, 2.75) is 20.8 Å². The summed E-state index contributed by atoms with van der Waals surface area (Å²) in [5.74, 6) is 0.218. The van der Waals surface area contributed by atoms with E-state index < -0.39 is 9.84 Å². The number of sulfone groups is 1. The van der Waals surface area contributed by atoms with E-state index in [0.29, 0.717) is 12.0 Å². The van der Waals surface area contributed by atoms with Gasteiger partial charge in [0, 0.05) is 32.4 Å². The van der Waals surface area contributed by atoms with Crippen LogP contribution in [0.5, 0.6) is 0 Å². The summed E-state index contributed by atoms with van der Waals surface area (Å²) in [5.41, 5.74) is 0.307. The maximum atomic E-state index is 10.9. The predicted molar refractivity (Wildman–Crippen MR) is 69.5 cm³/mol. The van der Waals surface area contributed by atoms with Gasteiger partial charge < -0.3 is 10.2 Å². The highest BCUT2D eigenvalue weighted by Crippen LogP contribution is 2.13. The second-order valence-corrected chi connectivity index (χ2v) is 7.94. The third kappa shape index (κ3) is 11.9. The fourth-order valence-electron chi connectivity index (χ4n) is 1.54. The van der Waals surface area contributed by atoms with Crippen molar-refractivity contribution in [1.29, 1.82) is 0 Å². The first kappa shape index (κ1) is 15.9. The molecule has 0 aromatic carbocycles. The van der Waals surface area contributed by atoms with Gasteiger partial charge in [-0.05, 0) is 12.5 Å². The second-order valence-electron chi connectivity index (χ2n) is 5.68. The molecule has 0 unspecified atom stereocenters. The minimum Gasteiger partial charge on any atom is -0.314 e. The first-order chi connectivity index (χ1) is 7.10. The molecule has 5 heteroatoms. The van der Waals surface area contributed by atoms with Crippen LogP contribution in [0.1, 0.15) is 20.8 Å². The highest BCUT2D eigenvalue weighted by atomic mass is 32.2. The zero-order valence-corrected chi connectivity index (χ0v) is 12.0. The van der Waals surface area contributed by atoms with Crippen LogP contribution in [-0.4, -0.2) is 58.6 Å². The van der Waals surface area contributed by atoms with E-state index in [-0.39, 0.29) is 5.75 Å². The van der Waals surface area contributed by atoms with Crippen molar-refractivity contribution in [3.63, 3.8) is 0 Å². The van der Waals surface area contributed by atoms with Gasteiger partial charge in [0.1, 0.15) is 9.84 Å². The van der Waals surface area contributed by atoms with Gasteiger partial charge in [0.2, 0.25) is 0 Å². The van der Waals surface area contributed by atoms with Crippen LogP contribution in [-0.2, 0) is 9.84 Å². The Morgan fingerprint density at radius 2 is 1.75 bits per heavy atom. The lowest BCUT2D eigenvalue weighted by molar-refractivity contribution is 0.228. The molecule has 0 aliphatic carbocycles. The summed E-state index contributed by atoms with van der Waals surface area (Å²) in [6.07, 6.45) is 1.26. The van der Waals surface area contributed by atoms with Gasteiger partial charge in [-0.2, -0.15) is 0 Å². The standard InChI is InChI=1S/C11H26N2O2S/c1-11(2,3)10-13(4)8-6-12-7-9-16(5,14)15/h12H,6-10H2,1-5H3. The van der Waals surface area contributed by atoms with E-state index in [1.165, 1.54) is 6.26 Å². The molecule has 0 heterocycles. The number of nitrogens with zero attached hydrogens (tertiary/aromatic N) is 1. The van der Waals surface area contributed by atoms with E-state index in [0.717, 1.165) is 19.6 Å². The third-order valence-corrected chi connectivity index (χ3v) is 3.01. The Labute approximate surface area is 100 Å². The van der Waals surface area contributed by atoms with Gasteiger partial charge in [-0.15, -0.1) is 0 Å². The molecular weight excluding hydrogens is 224 g/mol. The van der Waals surface area contributed by atoms with Crippen LogP contribution >= 0.6 is 0 Å². The van der Waals surface area contributed by atoms with E-state index >= 15 is 0 Å². The molecule has 0 aromatic rings. The van der Waals surface area contributed by atoms with Crippen LogP contribution in [0.3, 0.4) is 0 Å². The molecule has 0 saturated carbocycles. The summed E-state index contributed by atoms with van der Waals surface area (Å²) >= 11 is 0. The summed E-state index contributed by atoms with van der Waals surface area (Å²) in [4.78, 5) is 2.26. The van der Waals surface area contributed by atoms with E-state index in [9.17, 15) is 8.42 Å².